The number of nitrogens with zero attached hydrogens (tertiary/aromatic N) is 1. The first kappa shape index (κ1) is 12.5. The molecule has 0 atom stereocenters. The van der Waals surface area contributed by atoms with Gasteiger partial charge in [-0.25, -0.2) is 4.79 Å². The fourth-order valence-electron chi connectivity index (χ4n) is 1.29. The number of nitrogens with one attached hydrogen (secondary N) is 1. The molecular formula is C11H10N2O4. The Labute approximate surface area is 97.4 Å². The van der Waals surface area contributed by atoms with Crippen molar-refractivity contribution < 1.29 is 19.4 Å². The van der Waals surface area contributed by atoms with E-state index >= 15 is 0 Å². The number of rotatable bonds is 4. The summed E-state index contributed by atoms with van der Waals surface area (Å²) in [5.41, 5.74) is -0.0293. The van der Waals surface area contributed by atoms with Crippen molar-refractivity contribution in [2.24, 2.45) is 0 Å². The quantitative estimate of drug-likeness (QED) is 0.816. The van der Waals surface area contributed by atoms with E-state index in [1.54, 1.807) is 12.1 Å². The smallest absolute Gasteiger partial charge is 0.341 e. The van der Waals surface area contributed by atoms with E-state index in [1.165, 1.54) is 19.2 Å². The van der Waals surface area contributed by atoms with Crippen molar-refractivity contribution in [1.82, 2.24) is 0 Å². The number of hydrogen-bond donors (Lipinski definition) is 2. The lowest BCUT2D eigenvalue weighted by molar-refractivity contribution is -0.115. The first-order valence-corrected chi connectivity index (χ1v) is 4.67. The highest BCUT2D eigenvalue weighted by molar-refractivity contribution is 6.02. The number of hydrogen-bond acceptors (Lipinski definition) is 4. The molecule has 1 aromatic carbocycles. The molecule has 1 rings (SSSR count). The Hall–Kier alpha value is -2.55. The number of benzene rings is 1. The van der Waals surface area contributed by atoms with E-state index in [2.05, 4.69) is 5.32 Å². The molecule has 0 spiro atoms. The molecule has 6 heteroatoms. The zero-order chi connectivity index (χ0) is 12.8. The standard InChI is InChI=1S/C11H10N2O4/c1-17-8-4-2-3-7(10(8)11(15)16)13-9(14)5-6-12/h2-4H,5H2,1H3,(H,13,14)(H,15,16). The van der Waals surface area contributed by atoms with Crippen LogP contribution in [0.4, 0.5) is 5.69 Å². The Morgan fingerprint density at radius 1 is 1.53 bits per heavy atom. The molecule has 0 heterocycles. The predicted molar refractivity (Wildman–Crippen MR) is 58.8 cm³/mol. The van der Waals surface area contributed by atoms with Gasteiger partial charge in [0.2, 0.25) is 5.91 Å². The number of carboxylic acid groups (broad SMARTS) is 1. The van der Waals surface area contributed by atoms with Crippen LogP contribution in [-0.2, 0) is 4.79 Å². The van der Waals surface area contributed by atoms with Gasteiger partial charge in [-0.1, -0.05) is 6.07 Å². The maximum Gasteiger partial charge on any atom is 0.341 e. The minimum atomic E-state index is -1.21. The maximum atomic E-state index is 11.2. The van der Waals surface area contributed by atoms with Gasteiger partial charge in [-0.15, -0.1) is 0 Å². The van der Waals surface area contributed by atoms with E-state index in [9.17, 15) is 9.59 Å². The van der Waals surface area contributed by atoms with E-state index in [1.807, 2.05) is 0 Å². The van der Waals surface area contributed by atoms with Gasteiger partial charge < -0.3 is 15.2 Å². The average molecular weight is 234 g/mol. The molecule has 0 saturated carbocycles. The van der Waals surface area contributed by atoms with E-state index in [0.717, 1.165) is 0 Å². The van der Waals surface area contributed by atoms with Crippen molar-refractivity contribution in [1.29, 1.82) is 5.26 Å². The molecule has 88 valence electrons. The second kappa shape index (κ2) is 5.51. The monoisotopic (exact) mass is 234 g/mol. The van der Waals surface area contributed by atoms with Gasteiger partial charge in [0, 0.05) is 0 Å². The molecule has 0 aliphatic heterocycles. The number of nitriles is 1. The zero-order valence-electron chi connectivity index (χ0n) is 9.06. The highest BCUT2D eigenvalue weighted by atomic mass is 16.5. The summed E-state index contributed by atoms with van der Waals surface area (Å²) in [5.74, 6) is -1.63. The van der Waals surface area contributed by atoms with Gasteiger partial charge in [-0.2, -0.15) is 5.26 Å². The van der Waals surface area contributed by atoms with Crippen LogP contribution in [0.25, 0.3) is 0 Å². The lowest BCUT2D eigenvalue weighted by Gasteiger charge is -2.10. The summed E-state index contributed by atoms with van der Waals surface area (Å²) in [6.07, 6.45) is -0.337. The number of carbonyl (C=O) groups is 2. The summed E-state index contributed by atoms with van der Waals surface area (Å²) in [6.45, 7) is 0. The predicted octanol–water partition coefficient (Wildman–Crippen LogP) is 1.25. The molecule has 0 bridgehead atoms. The lowest BCUT2D eigenvalue weighted by atomic mass is 10.1. The van der Waals surface area contributed by atoms with Crippen LogP contribution >= 0.6 is 0 Å². The third kappa shape index (κ3) is 2.95. The molecule has 1 amide bonds. The van der Waals surface area contributed by atoms with Gasteiger partial charge in [0.15, 0.2) is 0 Å². The highest BCUT2D eigenvalue weighted by Crippen LogP contribution is 2.26. The molecule has 0 aromatic heterocycles. The minimum Gasteiger partial charge on any atom is -0.496 e. The molecular weight excluding hydrogens is 224 g/mol. The van der Waals surface area contributed by atoms with Gasteiger partial charge in [-0.05, 0) is 12.1 Å². The third-order valence-corrected chi connectivity index (χ3v) is 1.97. The van der Waals surface area contributed by atoms with E-state index < -0.39 is 11.9 Å². The third-order valence-electron chi connectivity index (χ3n) is 1.97. The normalized spacial score (nSPS) is 9.18. The Bertz CT molecular complexity index is 491. The van der Waals surface area contributed by atoms with E-state index in [-0.39, 0.29) is 23.4 Å². The average Bonchev–Trinajstić information content (AvgIpc) is 2.28. The van der Waals surface area contributed by atoms with Crippen molar-refractivity contribution in [3.05, 3.63) is 23.8 Å². The molecule has 1 aromatic rings. The number of carbonyl (C=O) groups excluding carboxylic acids is 1. The molecule has 0 unspecified atom stereocenters. The molecule has 0 fully saturated rings. The van der Waals surface area contributed by atoms with Crippen LogP contribution in [0, 0.1) is 11.3 Å². The van der Waals surface area contributed by atoms with Crippen LogP contribution in [0.1, 0.15) is 16.8 Å². The fraction of sp³-hybridized carbons (Fsp3) is 0.182. The largest absolute Gasteiger partial charge is 0.496 e. The SMILES string of the molecule is COc1cccc(NC(=O)CC#N)c1C(=O)O. The molecule has 0 aliphatic rings. The van der Waals surface area contributed by atoms with Crippen LogP contribution in [0.2, 0.25) is 0 Å². The first-order valence-electron chi connectivity index (χ1n) is 4.67. The van der Waals surface area contributed by atoms with Gasteiger partial charge in [0.25, 0.3) is 0 Å². The topological polar surface area (TPSA) is 99.4 Å². The lowest BCUT2D eigenvalue weighted by Crippen LogP contribution is -2.14. The van der Waals surface area contributed by atoms with Crippen LogP contribution in [0.5, 0.6) is 5.75 Å². The minimum absolute atomic E-state index is 0.108. The summed E-state index contributed by atoms with van der Waals surface area (Å²) >= 11 is 0. The van der Waals surface area contributed by atoms with E-state index in [4.69, 9.17) is 15.1 Å². The molecule has 2 N–H and O–H groups in total. The Morgan fingerprint density at radius 3 is 2.76 bits per heavy atom. The molecule has 17 heavy (non-hydrogen) atoms. The number of carboxylic acids is 1. The second-order valence-corrected chi connectivity index (χ2v) is 3.07. The molecule has 0 saturated heterocycles. The summed E-state index contributed by atoms with van der Waals surface area (Å²) < 4.78 is 4.89. The number of amides is 1. The van der Waals surface area contributed by atoms with Crippen molar-refractivity contribution in [2.75, 3.05) is 12.4 Å². The van der Waals surface area contributed by atoms with Crippen molar-refractivity contribution in [3.8, 4) is 11.8 Å². The summed E-state index contributed by atoms with van der Waals surface area (Å²) in [7, 11) is 1.34. The van der Waals surface area contributed by atoms with Crippen LogP contribution < -0.4 is 10.1 Å². The first-order chi connectivity index (χ1) is 8.10. The number of methoxy groups -OCH3 is 1. The van der Waals surface area contributed by atoms with Crippen LogP contribution in [-0.4, -0.2) is 24.1 Å². The summed E-state index contributed by atoms with van der Waals surface area (Å²) in [4.78, 5) is 22.3. The van der Waals surface area contributed by atoms with Gasteiger partial charge in [-0.3, -0.25) is 4.79 Å². The number of anilines is 1. The summed E-state index contributed by atoms with van der Waals surface area (Å²) in [6, 6.07) is 6.13. The Kier molecular flexibility index (Phi) is 4.06. The maximum absolute atomic E-state index is 11.2. The van der Waals surface area contributed by atoms with Gasteiger partial charge in [0.05, 0.1) is 18.9 Å². The van der Waals surface area contributed by atoms with Gasteiger partial charge in [0.1, 0.15) is 17.7 Å². The number of aromatic carboxylic acids is 1. The zero-order valence-corrected chi connectivity index (χ0v) is 9.06. The van der Waals surface area contributed by atoms with Gasteiger partial charge >= 0.3 is 5.97 Å². The molecule has 6 nitrogen and oxygen atoms in total. The molecule has 0 aliphatic carbocycles. The Balaban J connectivity index is 3.11. The van der Waals surface area contributed by atoms with Crippen molar-refractivity contribution in [2.45, 2.75) is 6.42 Å². The van der Waals surface area contributed by atoms with E-state index in [0.29, 0.717) is 0 Å². The van der Waals surface area contributed by atoms with Crippen LogP contribution in [0.15, 0.2) is 18.2 Å². The summed E-state index contributed by atoms with van der Waals surface area (Å²) in [5, 5.41) is 19.7. The Morgan fingerprint density at radius 2 is 2.24 bits per heavy atom. The van der Waals surface area contributed by atoms with Crippen molar-refractivity contribution >= 4 is 17.6 Å². The highest BCUT2D eigenvalue weighted by Gasteiger charge is 2.17. The van der Waals surface area contributed by atoms with Crippen molar-refractivity contribution in [3.63, 3.8) is 0 Å². The fourth-order valence-corrected chi connectivity index (χ4v) is 1.29. The second-order valence-electron chi connectivity index (χ2n) is 3.07. The number of ether oxygens (including phenoxy) is 1. The van der Waals surface area contributed by atoms with Crippen LogP contribution in [0.3, 0.4) is 0 Å². The molecule has 0 radical (unpaired) electrons.